The Kier molecular flexibility index (Phi) is 8.03. The van der Waals surface area contributed by atoms with Crippen molar-refractivity contribution in [1.82, 2.24) is 10.9 Å². The van der Waals surface area contributed by atoms with Crippen LogP contribution in [0.2, 0.25) is 0 Å². The number of rotatable bonds is 7. The lowest BCUT2D eigenvalue weighted by Crippen LogP contribution is -2.41. The van der Waals surface area contributed by atoms with Crippen molar-refractivity contribution in [3.05, 3.63) is 11.3 Å². The standard InChI is InChI=1S/C15H24N2O5/c1-3-21-13(19)10-12(18)16-17-14(15(20)22-4-2)11-8-6-5-7-9-11/h17H,3-10H2,1-2H3,(H,16,18). The van der Waals surface area contributed by atoms with Crippen LogP contribution >= 0.6 is 0 Å². The summed E-state index contributed by atoms with van der Waals surface area (Å²) < 4.78 is 9.70. The van der Waals surface area contributed by atoms with Crippen LogP contribution < -0.4 is 10.9 Å². The van der Waals surface area contributed by atoms with E-state index in [-0.39, 0.29) is 18.9 Å². The maximum absolute atomic E-state index is 12.0. The van der Waals surface area contributed by atoms with E-state index in [2.05, 4.69) is 10.9 Å². The largest absolute Gasteiger partial charge is 0.466 e. The second-order valence-corrected chi connectivity index (χ2v) is 4.91. The molecule has 7 nitrogen and oxygen atoms in total. The predicted molar refractivity (Wildman–Crippen MR) is 79.3 cm³/mol. The Morgan fingerprint density at radius 1 is 0.955 bits per heavy atom. The monoisotopic (exact) mass is 312 g/mol. The summed E-state index contributed by atoms with van der Waals surface area (Å²) in [5.41, 5.74) is 6.20. The van der Waals surface area contributed by atoms with Gasteiger partial charge in [0.05, 0.1) is 13.2 Å². The van der Waals surface area contributed by atoms with Gasteiger partial charge in [0, 0.05) is 0 Å². The van der Waals surface area contributed by atoms with Crippen molar-refractivity contribution in [2.75, 3.05) is 13.2 Å². The Balaban J connectivity index is 2.63. The Morgan fingerprint density at radius 2 is 1.59 bits per heavy atom. The van der Waals surface area contributed by atoms with Gasteiger partial charge in [-0.3, -0.25) is 20.4 Å². The van der Waals surface area contributed by atoms with E-state index in [1.165, 1.54) is 0 Å². The summed E-state index contributed by atoms with van der Waals surface area (Å²) in [4.78, 5) is 34.9. The van der Waals surface area contributed by atoms with Crippen molar-refractivity contribution in [3.8, 4) is 0 Å². The van der Waals surface area contributed by atoms with E-state index in [0.29, 0.717) is 0 Å². The molecule has 0 unspecified atom stereocenters. The lowest BCUT2D eigenvalue weighted by Gasteiger charge is -2.19. The van der Waals surface area contributed by atoms with Gasteiger partial charge in [-0.2, -0.15) is 0 Å². The third kappa shape index (κ3) is 6.15. The predicted octanol–water partition coefficient (Wildman–Crippen LogP) is 1.34. The highest BCUT2D eigenvalue weighted by Gasteiger charge is 2.20. The van der Waals surface area contributed by atoms with Crippen molar-refractivity contribution >= 4 is 17.8 Å². The number of ether oxygens (including phenoxy) is 2. The molecule has 1 aliphatic carbocycles. The summed E-state index contributed by atoms with van der Waals surface area (Å²) in [5, 5.41) is 0. The smallest absolute Gasteiger partial charge is 0.356 e. The number of allylic oxidation sites excluding steroid dienone is 1. The third-order valence-corrected chi connectivity index (χ3v) is 3.23. The first-order valence-electron chi connectivity index (χ1n) is 7.68. The zero-order valence-corrected chi connectivity index (χ0v) is 13.2. The van der Waals surface area contributed by atoms with Crippen molar-refractivity contribution in [2.45, 2.75) is 52.4 Å². The van der Waals surface area contributed by atoms with Gasteiger partial charge in [0.1, 0.15) is 12.1 Å². The van der Waals surface area contributed by atoms with Crippen molar-refractivity contribution in [3.63, 3.8) is 0 Å². The van der Waals surface area contributed by atoms with Gasteiger partial charge in [-0.25, -0.2) is 4.79 Å². The first-order chi connectivity index (χ1) is 10.6. The highest BCUT2D eigenvalue weighted by Crippen LogP contribution is 2.25. The summed E-state index contributed by atoms with van der Waals surface area (Å²) in [6.45, 7) is 3.87. The molecule has 0 aromatic heterocycles. The number of hydrogen-bond acceptors (Lipinski definition) is 6. The lowest BCUT2D eigenvalue weighted by molar-refractivity contribution is -0.146. The van der Waals surface area contributed by atoms with Crippen LogP contribution in [0.1, 0.15) is 52.4 Å². The Morgan fingerprint density at radius 3 is 2.18 bits per heavy atom. The van der Waals surface area contributed by atoms with E-state index < -0.39 is 24.3 Å². The molecule has 0 atom stereocenters. The fourth-order valence-corrected chi connectivity index (χ4v) is 2.24. The number of amides is 1. The molecule has 0 bridgehead atoms. The molecular weight excluding hydrogens is 288 g/mol. The molecular formula is C15H24N2O5. The van der Waals surface area contributed by atoms with Crippen LogP contribution in [0.5, 0.6) is 0 Å². The number of carbonyl (C=O) groups excluding carboxylic acids is 3. The molecule has 1 rings (SSSR count). The molecule has 22 heavy (non-hydrogen) atoms. The van der Waals surface area contributed by atoms with Crippen molar-refractivity contribution in [1.29, 1.82) is 0 Å². The molecule has 1 aliphatic rings. The van der Waals surface area contributed by atoms with Gasteiger partial charge >= 0.3 is 11.9 Å². The van der Waals surface area contributed by atoms with Crippen LogP contribution in [0.15, 0.2) is 11.3 Å². The van der Waals surface area contributed by atoms with Crippen molar-refractivity contribution in [2.24, 2.45) is 0 Å². The number of hydrogen-bond donors (Lipinski definition) is 2. The number of esters is 2. The van der Waals surface area contributed by atoms with E-state index in [0.717, 1.165) is 37.7 Å². The second kappa shape index (κ2) is 9.81. The minimum atomic E-state index is -0.607. The summed E-state index contributed by atoms with van der Waals surface area (Å²) in [5.74, 6) is -1.66. The molecule has 0 saturated heterocycles. The zero-order valence-electron chi connectivity index (χ0n) is 13.2. The van der Waals surface area contributed by atoms with E-state index in [1.54, 1.807) is 13.8 Å². The average Bonchev–Trinajstić information content (AvgIpc) is 2.49. The SMILES string of the molecule is CCOC(=O)CC(=O)NNC(C(=O)OCC)=C1CCCCC1. The van der Waals surface area contributed by atoms with Crippen LogP contribution in [0.25, 0.3) is 0 Å². The molecule has 0 aromatic carbocycles. The molecule has 124 valence electrons. The minimum absolute atomic E-state index is 0.220. The van der Waals surface area contributed by atoms with Gasteiger partial charge in [0.2, 0.25) is 5.91 Å². The third-order valence-electron chi connectivity index (χ3n) is 3.23. The maximum Gasteiger partial charge on any atom is 0.356 e. The van der Waals surface area contributed by atoms with E-state index in [9.17, 15) is 14.4 Å². The Hall–Kier alpha value is -2.05. The van der Waals surface area contributed by atoms with Crippen LogP contribution in [0.3, 0.4) is 0 Å². The molecule has 7 heteroatoms. The summed E-state index contributed by atoms with van der Waals surface area (Å²) >= 11 is 0. The average molecular weight is 312 g/mol. The van der Waals surface area contributed by atoms with Gasteiger partial charge < -0.3 is 9.47 Å². The second-order valence-electron chi connectivity index (χ2n) is 4.91. The highest BCUT2D eigenvalue weighted by atomic mass is 16.5. The maximum atomic E-state index is 12.0. The molecule has 1 saturated carbocycles. The van der Waals surface area contributed by atoms with Crippen molar-refractivity contribution < 1.29 is 23.9 Å². The highest BCUT2D eigenvalue weighted by molar-refractivity contribution is 5.95. The summed E-state index contributed by atoms with van der Waals surface area (Å²) in [6.07, 6.45) is 4.36. The molecule has 0 radical (unpaired) electrons. The van der Waals surface area contributed by atoms with Gasteiger partial charge in [0.15, 0.2) is 0 Å². The number of hydrazine groups is 1. The number of nitrogens with one attached hydrogen (secondary N) is 2. The topological polar surface area (TPSA) is 93.7 Å². The first-order valence-corrected chi connectivity index (χ1v) is 7.68. The lowest BCUT2D eigenvalue weighted by atomic mass is 9.93. The molecule has 2 N–H and O–H groups in total. The van der Waals surface area contributed by atoms with Crippen LogP contribution in [0, 0.1) is 0 Å². The fourth-order valence-electron chi connectivity index (χ4n) is 2.24. The summed E-state index contributed by atoms with van der Waals surface area (Å²) in [7, 11) is 0. The number of carbonyl (C=O) groups is 3. The summed E-state index contributed by atoms with van der Waals surface area (Å²) in [6, 6.07) is 0. The molecule has 0 aromatic rings. The van der Waals surface area contributed by atoms with Gasteiger partial charge in [-0.1, -0.05) is 6.42 Å². The molecule has 1 fully saturated rings. The van der Waals surface area contributed by atoms with Crippen LogP contribution in [0.4, 0.5) is 0 Å². The Labute approximate surface area is 130 Å². The molecule has 0 spiro atoms. The molecule has 0 aliphatic heterocycles. The first kappa shape index (κ1) is 18.0. The van der Waals surface area contributed by atoms with Gasteiger partial charge in [-0.15, -0.1) is 0 Å². The van der Waals surface area contributed by atoms with Gasteiger partial charge in [0.25, 0.3) is 0 Å². The van der Waals surface area contributed by atoms with Crippen LogP contribution in [-0.4, -0.2) is 31.1 Å². The zero-order chi connectivity index (χ0) is 16.4. The molecule has 0 heterocycles. The van der Waals surface area contributed by atoms with Crippen LogP contribution in [-0.2, 0) is 23.9 Å². The van der Waals surface area contributed by atoms with Gasteiger partial charge in [-0.05, 0) is 45.1 Å². The quantitative estimate of drug-likeness (QED) is 0.319. The normalized spacial score (nSPS) is 14.0. The van der Waals surface area contributed by atoms with E-state index >= 15 is 0 Å². The Bertz CT molecular complexity index is 437. The molecule has 1 amide bonds. The minimum Gasteiger partial charge on any atom is -0.466 e. The van der Waals surface area contributed by atoms with E-state index in [4.69, 9.17) is 9.47 Å². The van der Waals surface area contributed by atoms with E-state index in [1.807, 2.05) is 0 Å². The fraction of sp³-hybridized carbons (Fsp3) is 0.667.